The van der Waals surface area contributed by atoms with Crippen molar-refractivity contribution in [1.82, 2.24) is 15.3 Å². The lowest BCUT2D eigenvalue weighted by atomic mass is 10.3. The van der Waals surface area contributed by atoms with E-state index in [0.717, 1.165) is 0 Å². The summed E-state index contributed by atoms with van der Waals surface area (Å²) in [5.41, 5.74) is 0.398. The summed E-state index contributed by atoms with van der Waals surface area (Å²) in [7, 11) is 0. The highest BCUT2D eigenvalue weighted by atomic mass is 16.3. The number of hydrogen-bond donors (Lipinski definition) is 3. The van der Waals surface area contributed by atoms with E-state index >= 15 is 0 Å². The zero-order valence-electron chi connectivity index (χ0n) is 6.74. The van der Waals surface area contributed by atoms with Crippen molar-refractivity contribution < 1.29 is 9.90 Å². The van der Waals surface area contributed by atoms with Gasteiger partial charge in [0.15, 0.2) is 0 Å². The van der Waals surface area contributed by atoms with Gasteiger partial charge in [-0.2, -0.15) is 0 Å². The molecule has 5 nitrogen and oxygen atoms in total. The Hall–Kier alpha value is -1.36. The molecule has 3 N–H and O–H groups in total. The van der Waals surface area contributed by atoms with Gasteiger partial charge in [0.1, 0.15) is 5.69 Å². The Morgan fingerprint density at radius 3 is 3.17 bits per heavy atom. The maximum Gasteiger partial charge on any atom is 0.269 e. The average Bonchev–Trinajstić information content (AvgIpc) is 2.56. The normalized spacial score (nSPS) is 12.5. The molecule has 1 amide bonds. The lowest BCUT2D eigenvalue weighted by Gasteiger charge is -2.08. The van der Waals surface area contributed by atoms with Gasteiger partial charge < -0.3 is 15.4 Å². The molecule has 0 unspecified atom stereocenters. The highest BCUT2D eigenvalue weighted by Gasteiger charge is 2.08. The molecule has 12 heavy (non-hydrogen) atoms. The molecule has 0 aliphatic carbocycles. The molecule has 1 atom stereocenters. The molecule has 1 rings (SSSR count). The second-order valence-corrected chi connectivity index (χ2v) is 2.52. The van der Waals surface area contributed by atoms with E-state index in [1.165, 1.54) is 12.5 Å². The van der Waals surface area contributed by atoms with Crippen LogP contribution in [0.2, 0.25) is 0 Å². The SMILES string of the molecule is C[C@H](CO)NC(=O)c1cnc[nH]1. The first-order valence-corrected chi connectivity index (χ1v) is 3.64. The van der Waals surface area contributed by atoms with Crippen molar-refractivity contribution in [1.29, 1.82) is 0 Å². The lowest BCUT2D eigenvalue weighted by molar-refractivity contribution is 0.0918. The van der Waals surface area contributed by atoms with Crippen LogP contribution < -0.4 is 5.32 Å². The lowest BCUT2D eigenvalue weighted by Crippen LogP contribution is -2.35. The number of rotatable bonds is 3. The van der Waals surface area contributed by atoms with Crippen LogP contribution in [0.5, 0.6) is 0 Å². The van der Waals surface area contributed by atoms with Crippen LogP contribution in [0, 0.1) is 0 Å². The van der Waals surface area contributed by atoms with Gasteiger partial charge in [-0.3, -0.25) is 4.79 Å². The minimum atomic E-state index is -0.256. The molecule has 0 aliphatic rings. The molecule has 0 saturated carbocycles. The van der Waals surface area contributed by atoms with Crippen LogP contribution in [0.25, 0.3) is 0 Å². The number of H-pyrrole nitrogens is 1. The van der Waals surface area contributed by atoms with Crippen molar-refractivity contribution in [2.75, 3.05) is 6.61 Å². The first kappa shape index (κ1) is 8.73. The smallest absolute Gasteiger partial charge is 0.269 e. The summed E-state index contributed by atoms with van der Waals surface area (Å²) in [4.78, 5) is 17.5. The summed E-state index contributed by atoms with van der Waals surface area (Å²) in [6.07, 6.45) is 2.86. The molecule has 1 heterocycles. The van der Waals surface area contributed by atoms with Gasteiger partial charge in [-0.1, -0.05) is 0 Å². The average molecular weight is 169 g/mol. The van der Waals surface area contributed by atoms with E-state index < -0.39 is 0 Å². The molecule has 1 aromatic rings. The first-order valence-electron chi connectivity index (χ1n) is 3.64. The molecular weight excluding hydrogens is 158 g/mol. The van der Waals surface area contributed by atoms with Gasteiger partial charge in [0.2, 0.25) is 0 Å². The van der Waals surface area contributed by atoms with Gasteiger partial charge in [0.25, 0.3) is 5.91 Å². The van der Waals surface area contributed by atoms with Gasteiger partial charge in [-0.05, 0) is 6.92 Å². The van der Waals surface area contributed by atoms with Crippen molar-refractivity contribution >= 4 is 5.91 Å². The Balaban J connectivity index is 2.50. The summed E-state index contributed by atoms with van der Waals surface area (Å²) in [6.45, 7) is 1.65. The molecule has 66 valence electrons. The Labute approximate surface area is 69.8 Å². The third-order valence-electron chi connectivity index (χ3n) is 1.39. The fourth-order valence-corrected chi connectivity index (χ4v) is 0.727. The summed E-state index contributed by atoms with van der Waals surface area (Å²) in [5.74, 6) is -0.256. The van der Waals surface area contributed by atoms with Gasteiger partial charge in [-0.15, -0.1) is 0 Å². The van der Waals surface area contributed by atoms with Crippen LogP contribution in [0.3, 0.4) is 0 Å². The van der Waals surface area contributed by atoms with Crippen molar-refractivity contribution in [2.45, 2.75) is 13.0 Å². The molecule has 0 saturated heterocycles. The Morgan fingerprint density at radius 1 is 1.92 bits per heavy atom. The summed E-state index contributed by atoms with van der Waals surface area (Å²) < 4.78 is 0. The first-order chi connectivity index (χ1) is 5.74. The van der Waals surface area contributed by atoms with Crippen molar-refractivity contribution in [3.8, 4) is 0 Å². The van der Waals surface area contributed by atoms with Crippen LogP contribution >= 0.6 is 0 Å². The van der Waals surface area contributed by atoms with E-state index in [1.807, 2.05) is 0 Å². The molecule has 0 radical (unpaired) electrons. The molecule has 1 aromatic heterocycles. The number of nitrogens with one attached hydrogen (secondary N) is 2. The van der Waals surface area contributed by atoms with Crippen LogP contribution in [-0.4, -0.2) is 33.6 Å². The zero-order valence-corrected chi connectivity index (χ0v) is 6.74. The molecule has 5 heteroatoms. The number of carbonyl (C=O) groups excluding carboxylic acids is 1. The van der Waals surface area contributed by atoms with Crippen LogP contribution in [0.1, 0.15) is 17.4 Å². The maximum atomic E-state index is 11.2. The number of aliphatic hydroxyl groups excluding tert-OH is 1. The standard InChI is InChI=1S/C7H11N3O2/c1-5(3-11)10-7(12)6-2-8-4-9-6/h2,4-5,11H,3H2,1H3,(H,8,9)(H,10,12)/t5-/m1/s1. The third-order valence-corrected chi connectivity index (χ3v) is 1.39. The second-order valence-electron chi connectivity index (χ2n) is 2.52. The van der Waals surface area contributed by atoms with Crippen LogP contribution in [-0.2, 0) is 0 Å². The van der Waals surface area contributed by atoms with E-state index in [1.54, 1.807) is 6.92 Å². The number of aromatic nitrogens is 2. The number of hydrogen-bond acceptors (Lipinski definition) is 3. The monoisotopic (exact) mass is 169 g/mol. The topological polar surface area (TPSA) is 78.0 Å². The fraction of sp³-hybridized carbons (Fsp3) is 0.429. The predicted octanol–water partition coefficient (Wildman–Crippen LogP) is -0.480. The number of carbonyl (C=O) groups is 1. The van der Waals surface area contributed by atoms with Crippen molar-refractivity contribution in [2.24, 2.45) is 0 Å². The van der Waals surface area contributed by atoms with Crippen LogP contribution in [0.15, 0.2) is 12.5 Å². The summed E-state index contributed by atoms with van der Waals surface area (Å²) in [6, 6.07) is -0.235. The number of aromatic amines is 1. The minimum Gasteiger partial charge on any atom is -0.394 e. The van der Waals surface area contributed by atoms with E-state index in [9.17, 15) is 4.79 Å². The molecule has 0 spiro atoms. The zero-order chi connectivity index (χ0) is 8.97. The maximum absolute atomic E-state index is 11.2. The van der Waals surface area contributed by atoms with E-state index in [2.05, 4.69) is 15.3 Å². The molecule has 0 bridgehead atoms. The highest BCUT2D eigenvalue weighted by molar-refractivity contribution is 5.92. The van der Waals surface area contributed by atoms with E-state index in [0.29, 0.717) is 5.69 Å². The number of imidazole rings is 1. The Kier molecular flexibility index (Phi) is 2.82. The van der Waals surface area contributed by atoms with Crippen molar-refractivity contribution in [3.05, 3.63) is 18.2 Å². The predicted molar refractivity (Wildman–Crippen MR) is 42.6 cm³/mol. The number of aliphatic hydroxyl groups is 1. The highest BCUT2D eigenvalue weighted by Crippen LogP contribution is 1.91. The van der Waals surface area contributed by atoms with Gasteiger partial charge in [0, 0.05) is 6.04 Å². The molecule has 0 aromatic carbocycles. The Morgan fingerprint density at radius 2 is 2.67 bits per heavy atom. The van der Waals surface area contributed by atoms with Crippen LogP contribution in [0.4, 0.5) is 0 Å². The largest absolute Gasteiger partial charge is 0.394 e. The third kappa shape index (κ3) is 2.06. The van der Waals surface area contributed by atoms with Crippen molar-refractivity contribution in [3.63, 3.8) is 0 Å². The second kappa shape index (κ2) is 3.87. The number of amides is 1. The summed E-state index contributed by atoms with van der Waals surface area (Å²) in [5, 5.41) is 11.2. The molecule has 0 aliphatic heterocycles. The summed E-state index contributed by atoms with van der Waals surface area (Å²) >= 11 is 0. The Bertz CT molecular complexity index is 245. The minimum absolute atomic E-state index is 0.0696. The van der Waals surface area contributed by atoms with Gasteiger partial charge >= 0.3 is 0 Å². The van der Waals surface area contributed by atoms with E-state index in [4.69, 9.17) is 5.11 Å². The van der Waals surface area contributed by atoms with Gasteiger partial charge in [-0.25, -0.2) is 4.98 Å². The van der Waals surface area contributed by atoms with Gasteiger partial charge in [0.05, 0.1) is 19.1 Å². The molecule has 0 fully saturated rings. The fourth-order valence-electron chi connectivity index (χ4n) is 0.727. The number of nitrogens with zero attached hydrogens (tertiary/aromatic N) is 1. The molecular formula is C7H11N3O2. The quantitative estimate of drug-likeness (QED) is 0.572. The van der Waals surface area contributed by atoms with E-state index in [-0.39, 0.29) is 18.6 Å².